The molecule has 0 saturated carbocycles. The minimum atomic E-state index is -0.391. The molecule has 0 spiro atoms. The van der Waals surface area contributed by atoms with E-state index in [2.05, 4.69) is 48.3 Å². The average molecular weight is 455 g/mol. The van der Waals surface area contributed by atoms with Gasteiger partial charge in [0.05, 0.1) is 4.88 Å². The van der Waals surface area contributed by atoms with Gasteiger partial charge < -0.3 is 15.1 Å². The highest BCUT2D eigenvalue weighted by Crippen LogP contribution is 2.28. The van der Waals surface area contributed by atoms with Gasteiger partial charge in [-0.2, -0.15) is 0 Å². The lowest BCUT2D eigenvalue weighted by molar-refractivity contribution is -0.135. The Morgan fingerprint density at radius 2 is 1.88 bits per heavy atom. The SMILES string of the molecule is CC(C)CN(Cc1ccccc1)C1CC(C(=O)N2CCNCC2)N(C(=O)c2cccs2)C1. The summed E-state index contributed by atoms with van der Waals surface area (Å²) in [5, 5.41) is 5.24. The number of rotatable bonds is 7. The van der Waals surface area contributed by atoms with Gasteiger partial charge >= 0.3 is 0 Å². The van der Waals surface area contributed by atoms with Gasteiger partial charge in [0, 0.05) is 51.9 Å². The molecule has 1 aromatic carbocycles. The van der Waals surface area contributed by atoms with Crippen LogP contribution < -0.4 is 5.32 Å². The summed E-state index contributed by atoms with van der Waals surface area (Å²) in [6.07, 6.45) is 0.694. The predicted octanol–water partition coefficient (Wildman–Crippen LogP) is 2.92. The van der Waals surface area contributed by atoms with Gasteiger partial charge in [-0.05, 0) is 29.3 Å². The van der Waals surface area contributed by atoms with Crippen LogP contribution in [0.2, 0.25) is 0 Å². The van der Waals surface area contributed by atoms with Crippen LogP contribution in [0.5, 0.6) is 0 Å². The lowest BCUT2D eigenvalue weighted by Gasteiger charge is -2.32. The van der Waals surface area contributed by atoms with Gasteiger partial charge in [-0.25, -0.2) is 0 Å². The first kappa shape index (κ1) is 23.0. The summed E-state index contributed by atoms with van der Waals surface area (Å²) in [6.45, 7) is 9.87. The van der Waals surface area contributed by atoms with E-state index in [1.807, 2.05) is 33.4 Å². The quantitative estimate of drug-likeness (QED) is 0.699. The number of likely N-dealkylation sites (tertiary alicyclic amines) is 1. The third kappa shape index (κ3) is 5.39. The van der Waals surface area contributed by atoms with E-state index in [0.29, 0.717) is 36.9 Å². The van der Waals surface area contributed by atoms with Crippen LogP contribution in [0.15, 0.2) is 47.8 Å². The number of nitrogens with zero attached hydrogens (tertiary/aromatic N) is 3. The second-order valence-electron chi connectivity index (χ2n) is 9.22. The lowest BCUT2D eigenvalue weighted by atomic mass is 10.1. The standard InChI is InChI=1S/C25H34N4O2S/c1-19(2)16-28(17-20-7-4-3-5-8-20)21-15-22(24(30)27-12-10-26-11-13-27)29(18-21)25(31)23-9-6-14-32-23/h3-9,14,19,21-22,26H,10-13,15-18H2,1-2H3. The van der Waals surface area contributed by atoms with Crippen molar-refractivity contribution in [3.8, 4) is 0 Å². The molecule has 2 amide bonds. The van der Waals surface area contributed by atoms with E-state index in [1.54, 1.807) is 0 Å². The molecule has 2 unspecified atom stereocenters. The molecule has 2 aromatic rings. The van der Waals surface area contributed by atoms with Crippen molar-refractivity contribution in [2.24, 2.45) is 5.92 Å². The van der Waals surface area contributed by atoms with Gasteiger partial charge in [0.2, 0.25) is 5.91 Å². The normalized spacial score (nSPS) is 21.5. The summed E-state index contributed by atoms with van der Waals surface area (Å²) in [7, 11) is 0. The highest BCUT2D eigenvalue weighted by molar-refractivity contribution is 7.12. The number of hydrogen-bond acceptors (Lipinski definition) is 5. The van der Waals surface area contributed by atoms with Gasteiger partial charge in [0.15, 0.2) is 0 Å². The molecule has 1 N–H and O–H groups in total. The van der Waals surface area contributed by atoms with Crippen LogP contribution in [0.3, 0.4) is 0 Å². The lowest BCUT2D eigenvalue weighted by Crippen LogP contribution is -2.53. The van der Waals surface area contributed by atoms with Gasteiger partial charge in [-0.15, -0.1) is 11.3 Å². The zero-order valence-electron chi connectivity index (χ0n) is 19.1. The van der Waals surface area contributed by atoms with E-state index in [4.69, 9.17) is 0 Å². The van der Waals surface area contributed by atoms with E-state index < -0.39 is 6.04 Å². The molecule has 2 atom stereocenters. The molecular weight excluding hydrogens is 420 g/mol. The van der Waals surface area contributed by atoms with E-state index in [9.17, 15) is 9.59 Å². The van der Waals surface area contributed by atoms with Crippen molar-refractivity contribution >= 4 is 23.2 Å². The molecule has 0 bridgehead atoms. The molecule has 4 rings (SSSR count). The molecule has 172 valence electrons. The van der Waals surface area contributed by atoms with Crippen molar-refractivity contribution in [1.29, 1.82) is 0 Å². The molecule has 32 heavy (non-hydrogen) atoms. The summed E-state index contributed by atoms with van der Waals surface area (Å²) in [6, 6.07) is 14.0. The largest absolute Gasteiger partial charge is 0.338 e. The number of thiophene rings is 1. The fourth-order valence-corrected chi connectivity index (χ4v) is 5.48. The summed E-state index contributed by atoms with van der Waals surface area (Å²) < 4.78 is 0. The molecule has 6 nitrogen and oxygen atoms in total. The molecule has 0 radical (unpaired) electrons. The first-order chi connectivity index (χ1) is 15.5. The number of benzene rings is 1. The molecule has 3 heterocycles. The fourth-order valence-electron chi connectivity index (χ4n) is 4.80. The molecule has 2 saturated heterocycles. The number of hydrogen-bond donors (Lipinski definition) is 1. The number of amides is 2. The number of carbonyl (C=O) groups is 2. The van der Waals surface area contributed by atoms with E-state index in [0.717, 1.165) is 26.2 Å². The highest BCUT2D eigenvalue weighted by Gasteiger charge is 2.43. The fraction of sp³-hybridized carbons (Fsp3) is 0.520. The first-order valence-corrected chi connectivity index (χ1v) is 12.5. The number of carbonyl (C=O) groups excluding carboxylic acids is 2. The van der Waals surface area contributed by atoms with E-state index in [1.165, 1.54) is 16.9 Å². The molecule has 2 aliphatic heterocycles. The summed E-state index contributed by atoms with van der Waals surface area (Å²) in [4.78, 5) is 33.9. The van der Waals surface area contributed by atoms with Crippen LogP contribution >= 0.6 is 11.3 Å². The monoisotopic (exact) mass is 454 g/mol. The van der Waals surface area contributed by atoms with Crippen molar-refractivity contribution in [1.82, 2.24) is 20.0 Å². The Kier molecular flexibility index (Phi) is 7.60. The molecule has 0 aliphatic carbocycles. The van der Waals surface area contributed by atoms with Crippen molar-refractivity contribution < 1.29 is 9.59 Å². The Balaban J connectivity index is 1.57. The first-order valence-electron chi connectivity index (χ1n) is 11.6. The average Bonchev–Trinajstić information content (AvgIpc) is 3.49. The smallest absolute Gasteiger partial charge is 0.264 e. The van der Waals surface area contributed by atoms with E-state index in [-0.39, 0.29) is 17.9 Å². The Morgan fingerprint density at radius 3 is 2.53 bits per heavy atom. The summed E-state index contributed by atoms with van der Waals surface area (Å²) in [5.41, 5.74) is 1.26. The van der Waals surface area contributed by atoms with Crippen LogP contribution in [0.1, 0.15) is 35.5 Å². The molecule has 2 aliphatic rings. The topological polar surface area (TPSA) is 55.9 Å². The van der Waals surface area contributed by atoms with Crippen molar-refractivity contribution in [2.75, 3.05) is 39.3 Å². The van der Waals surface area contributed by atoms with Crippen molar-refractivity contribution in [3.05, 3.63) is 58.3 Å². The van der Waals surface area contributed by atoms with Gasteiger partial charge in [-0.1, -0.05) is 50.2 Å². The minimum Gasteiger partial charge on any atom is -0.338 e. The Labute approximate surface area is 195 Å². The van der Waals surface area contributed by atoms with Gasteiger partial charge in [0.1, 0.15) is 6.04 Å². The number of piperazine rings is 1. The Morgan fingerprint density at radius 1 is 1.12 bits per heavy atom. The Hall–Kier alpha value is -2.22. The van der Waals surface area contributed by atoms with Crippen LogP contribution in [-0.2, 0) is 11.3 Å². The van der Waals surface area contributed by atoms with Crippen molar-refractivity contribution in [2.45, 2.75) is 38.9 Å². The zero-order valence-corrected chi connectivity index (χ0v) is 19.9. The molecule has 7 heteroatoms. The maximum Gasteiger partial charge on any atom is 0.264 e. The van der Waals surface area contributed by atoms with E-state index >= 15 is 0 Å². The summed E-state index contributed by atoms with van der Waals surface area (Å²) >= 11 is 1.45. The second-order valence-corrected chi connectivity index (χ2v) is 10.2. The Bertz CT molecular complexity index is 881. The highest BCUT2D eigenvalue weighted by atomic mass is 32.1. The van der Waals surface area contributed by atoms with Gasteiger partial charge in [-0.3, -0.25) is 14.5 Å². The van der Waals surface area contributed by atoms with Crippen molar-refractivity contribution in [3.63, 3.8) is 0 Å². The van der Waals surface area contributed by atoms with Crippen LogP contribution in [0, 0.1) is 5.92 Å². The molecular formula is C25H34N4O2S. The molecule has 1 aromatic heterocycles. The summed E-state index contributed by atoms with van der Waals surface area (Å²) in [5.74, 6) is 0.589. The maximum atomic E-state index is 13.5. The predicted molar refractivity (Wildman–Crippen MR) is 129 cm³/mol. The zero-order chi connectivity index (χ0) is 22.5. The van der Waals surface area contributed by atoms with Crippen LogP contribution in [0.4, 0.5) is 0 Å². The maximum absolute atomic E-state index is 13.5. The third-order valence-electron chi connectivity index (χ3n) is 6.33. The second kappa shape index (κ2) is 10.6. The van der Waals surface area contributed by atoms with Gasteiger partial charge in [0.25, 0.3) is 5.91 Å². The van der Waals surface area contributed by atoms with Crippen LogP contribution in [-0.4, -0.2) is 77.9 Å². The third-order valence-corrected chi connectivity index (χ3v) is 7.19. The molecule has 2 fully saturated rings. The van der Waals surface area contributed by atoms with Crippen LogP contribution in [0.25, 0.3) is 0 Å². The minimum absolute atomic E-state index is 0.0137. The number of nitrogens with one attached hydrogen (secondary N) is 1.